The van der Waals surface area contributed by atoms with Gasteiger partial charge in [0.25, 0.3) is 0 Å². The number of benzene rings is 1. The molecule has 4 nitrogen and oxygen atoms in total. The van der Waals surface area contributed by atoms with E-state index in [1.54, 1.807) is 0 Å². The fraction of sp³-hybridized carbons (Fsp3) is 0.588. The molecular weight excluding hydrogens is 262 g/mol. The van der Waals surface area contributed by atoms with Gasteiger partial charge >= 0.3 is 0 Å². The number of anilines is 1. The molecule has 0 saturated heterocycles. The van der Waals surface area contributed by atoms with E-state index in [1.807, 2.05) is 0 Å². The molecule has 5 N–H and O–H groups in total. The van der Waals surface area contributed by atoms with E-state index in [2.05, 4.69) is 50.4 Å². The van der Waals surface area contributed by atoms with Crippen molar-refractivity contribution in [3.8, 4) is 0 Å². The van der Waals surface area contributed by atoms with Gasteiger partial charge in [-0.2, -0.15) is 0 Å². The van der Waals surface area contributed by atoms with Crippen LogP contribution in [0.4, 0.5) is 5.69 Å². The van der Waals surface area contributed by atoms with E-state index < -0.39 is 5.54 Å². The Morgan fingerprint density at radius 2 is 1.71 bits per heavy atom. The van der Waals surface area contributed by atoms with Crippen LogP contribution in [0.5, 0.6) is 0 Å². The predicted octanol–water partition coefficient (Wildman–Crippen LogP) is 2.52. The summed E-state index contributed by atoms with van der Waals surface area (Å²) in [5, 5.41) is 3.53. The van der Waals surface area contributed by atoms with Gasteiger partial charge in [0, 0.05) is 11.7 Å². The maximum atomic E-state index is 11.3. The Hall–Kier alpha value is -1.55. The highest BCUT2D eigenvalue weighted by Crippen LogP contribution is 2.29. The van der Waals surface area contributed by atoms with Gasteiger partial charge in [0.1, 0.15) is 0 Å². The van der Waals surface area contributed by atoms with Crippen molar-refractivity contribution in [1.29, 1.82) is 0 Å². The molecule has 1 aromatic carbocycles. The molecule has 2 rings (SSSR count). The van der Waals surface area contributed by atoms with E-state index in [-0.39, 0.29) is 11.3 Å². The highest BCUT2D eigenvalue weighted by molar-refractivity contribution is 5.84. The van der Waals surface area contributed by atoms with Gasteiger partial charge in [0.05, 0.1) is 5.54 Å². The summed E-state index contributed by atoms with van der Waals surface area (Å²) in [6.07, 6.45) is 3.06. The van der Waals surface area contributed by atoms with Gasteiger partial charge in [0.2, 0.25) is 5.91 Å². The minimum Gasteiger partial charge on any atom is -0.382 e. The molecule has 116 valence electrons. The first-order valence-electron chi connectivity index (χ1n) is 7.67. The topological polar surface area (TPSA) is 81.1 Å². The largest absolute Gasteiger partial charge is 0.382 e. The number of carbonyl (C=O) groups is 1. The second-order valence-corrected chi connectivity index (χ2v) is 7.27. The molecule has 1 fully saturated rings. The first kappa shape index (κ1) is 15.8. The first-order chi connectivity index (χ1) is 9.71. The standard InChI is InChI=1S/C17H27N3O/c1-16(2,3)12-4-6-13(7-5-12)20-14-8-10-17(19,11-9-14)15(18)21/h4-7,14,20H,8-11,19H2,1-3H3,(H2,18,21). The lowest BCUT2D eigenvalue weighted by Gasteiger charge is -2.35. The Morgan fingerprint density at radius 3 is 2.14 bits per heavy atom. The quantitative estimate of drug-likeness (QED) is 0.799. The first-order valence-corrected chi connectivity index (χ1v) is 7.67. The van der Waals surface area contributed by atoms with Crippen LogP contribution in [0.15, 0.2) is 24.3 Å². The van der Waals surface area contributed by atoms with Crippen molar-refractivity contribution in [3.05, 3.63) is 29.8 Å². The van der Waals surface area contributed by atoms with Crippen molar-refractivity contribution in [2.45, 2.75) is 63.5 Å². The number of carbonyl (C=O) groups excluding carboxylic acids is 1. The molecule has 0 atom stereocenters. The maximum absolute atomic E-state index is 11.3. The third kappa shape index (κ3) is 3.76. The third-order valence-electron chi connectivity index (χ3n) is 4.49. The van der Waals surface area contributed by atoms with Crippen molar-refractivity contribution < 1.29 is 4.79 Å². The van der Waals surface area contributed by atoms with Crippen molar-refractivity contribution in [3.63, 3.8) is 0 Å². The van der Waals surface area contributed by atoms with Gasteiger partial charge in [0.15, 0.2) is 0 Å². The number of hydrogen-bond acceptors (Lipinski definition) is 3. The Bertz CT molecular complexity index is 494. The van der Waals surface area contributed by atoms with Crippen LogP contribution in [0.2, 0.25) is 0 Å². The van der Waals surface area contributed by atoms with Gasteiger partial charge in [-0.1, -0.05) is 32.9 Å². The number of amides is 1. The number of primary amides is 1. The van der Waals surface area contributed by atoms with E-state index in [9.17, 15) is 4.79 Å². The average Bonchev–Trinajstić information content (AvgIpc) is 2.41. The SMILES string of the molecule is CC(C)(C)c1ccc(NC2CCC(N)(C(N)=O)CC2)cc1. The van der Waals surface area contributed by atoms with E-state index in [4.69, 9.17) is 11.5 Å². The van der Waals surface area contributed by atoms with Gasteiger partial charge in [-0.15, -0.1) is 0 Å². The summed E-state index contributed by atoms with van der Waals surface area (Å²) in [5.74, 6) is -0.379. The fourth-order valence-corrected chi connectivity index (χ4v) is 2.83. The lowest BCUT2D eigenvalue weighted by Crippen LogP contribution is -2.55. The molecule has 0 heterocycles. The highest BCUT2D eigenvalue weighted by Gasteiger charge is 2.36. The van der Waals surface area contributed by atoms with Crippen LogP contribution in [0.3, 0.4) is 0 Å². The van der Waals surface area contributed by atoms with Crippen molar-refractivity contribution in [1.82, 2.24) is 0 Å². The van der Waals surface area contributed by atoms with Crippen LogP contribution < -0.4 is 16.8 Å². The van der Waals surface area contributed by atoms with E-state index in [0.29, 0.717) is 18.9 Å². The molecule has 1 aliphatic carbocycles. The van der Waals surface area contributed by atoms with E-state index >= 15 is 0 Å². The predicted molar refractivity (Wildman–Crippen MR) is 87.1 cm³/mol. The van der Waals surface area contributed by atoms with Gasteiger partial charge in [-0.3, -0.25) is 4.79 Å². The number of hydrogen-bond donors (Lipinski definition) is 3. The number of nitrogens with one attached hydrogen (secondary N) is 1. The summed E-state index contributed by atoms with van der Waals surface area (Å²) in [5.41, 5.74) is 13.2. The summed E-state index contributed by atoms with van der Waals surface area (Å²) in [6, 6.07) is 8.95. The van der Waals surface area contributed by atoms with Crippen molar-refractivity contribution in [2.24, 2.45) is 11.5 Å². The van der Waals surface area contributed by atoms with Gasteiger partial charge in [-0.05, 0) is 48.8 Å². The van der Waals surface area contributed by atoms with E-state index in [1.165, 1.54) is 5.56 Å². The molecule has 0 unspecified atom stereocenters. The van der Waals surface area contributed by atoms with Crippen LogP contribution in [0.1, 0.15) is 52.0 Å². The normalized spacial score (nSPS) is 26.4. The van der Waals surface area contributed by atoms with Crippen LogP contribution in [0.25, 0.3) is 0 Å². The van der Waals surface area contributed by atoms with E-state index in [0.717, 1.165) is 18.5 Å². The molecule has 1 aliphatic rings. The smallest absolute Gasteiger partial charge is 0.237 e. The third-order valence-corrected chi connectivity index (χ3v) is 4.49. The molecule has 21 heavy (non-hydrogen) atoms. The Kier molecular flexibility index (Phi) is 4.28. The second kappa shape index (κ2) is 5.68. The Balaban J connectivity index is 1.94. The molecule has 1 amide bonds. The zero-order chi connectivity index (χ0) is 15.7. The molecule has 1 aromatic rings. The lowest BCUT2D eigenvalue weighted by molar-refractivity contribution is -0.124. The second-order valence-electron chi connectivity index (χ2n) is 7.27. The van der Waals surface area contributed by atoms with Crippen LogP contribution in [0, 0.1) is 0 Å². The lowest BCUT2D eigenvalue weighted by atomic mass is 9.79. The zero-order valence-electron chi connectivity index (χ0n) is 13.3. The molecule has 4 heteroatoms. The maximum Gasteiger partial charge on any atom is 0.237 e. The average molecular weight is 289 g/mol. The summed E-state index contributed by atoms with van der Waals surface area (Å²) >= 11 is 0. The fourth-order valence-electron chi connectivity index (χ4n) is 2.83. The minimum atomic E-state index is -0.811. The van der Waals surface area contributed by atoms with Crippen LogP contribution >= 0.6 is 0 Å². The molecule has 0 aliphatic heterocycles. The summed E-state index contributed by atoms with van der Waals surface area (Å²) < 4.78 is 0. The number of rotatable bonds is 3. The minimum absolute atomic E-state index is 0.171. The Labute approximate surface area is 127 Å². The molecule has 0 aromatic heterocycles. The summed E-state index contributed by atoms with van der Waals surface area (Å²) in [7, 11) is 0. The highest BCUT2D eigenvalue weighted by atomic mass is 16.1. The van der Waals surface area contributed by atoms with Gasteiger partial charge in [-0.25, -0.2) is 0 Å². The summed E-state index contributed by atoms with van der Waals surface area (Å²) in [4.78, 5) is 11.3. The zero-order valence-corrected chi connectivity index (χ0v) is 13.3. The van der Waals surface area contributed by atoms with Crippen LogP contribution in [-0.4, -0.2) is 17.5 Å². The molecule has 0 radical (unpaired) electrons. The van der Waals surface area contributed by atoms with Gasteiger partial charge < -0.3 is 16.8 Å². The number of nitrogens with two attached hydrogens (primary N) is 2. The van der Waals surface area contributed by atoms with Crippen molar-refractivity contribution in [2.75, 3.05) is 5.32 Å². The Morgan fingerprint density at radius 1 is 1.19 bits per heavy atom. The summed E-state index contributed by atoms with van der Waals surface area (Å²) in [6.45, 7) is 6.63. The van der Waals surface area contributed by atoms with Crippen LogP contribution in [-0.2, 0) is 10.2 Å². The molecule has 0 bridgehead atoms. The molecular formula is C17H27N3O. The van der Waals surface area contributed by atoms with Crippen molar-refractivity contribution >= 4 is 11.6 Å². The monoisotopic (exact) mass is 289 g/mol. The molecule has 0 spiro atoms. The molecule has 1 saturated carbocycles.